The van der Waals surface area contributed by atoms with Crippen LogP contribution in [0.2, 0.25) is 0 Å². The molecule has 1 N–H and O–H groups in total. The van der Waals surface area contributed by atoms with Gasteiger partial charge in [-0.2, -0.15) is 0 Å². The molecule has 2 aromatic heterocycles. The van der Waals surface area contributed by atoms with Crippen LogP contribution in [-0.2, 0) is 6.54 Å². The Hall–Kier alpha value is -3.44. The zero-order valence-corrected chi connectivity index (χ0v) is 15.9. The van der Waals surface area contributed by atoms with Gasteiger partial charge in [0, 0.05) is 34.9 Å². The largest absolute Gasteiger partial charge is 0.412 e. The number of carbonyl (C=O) groups excluding carboxylic acids is 1. The number of carbonyl (C=O) groups is 1. The lowest BCUT2D eigenvalue weighted by atomic mass is 10.1. The van der Waals surface area contributed by atoms with Crippen molar-refractivity contribution in [2.45, 2.75) is 6.54 Å². The van der Waals surface area contributed by atoms with Gasteiger partial charge in [0.25, 0.3) is 0 Å². The first kappa shape index (κ1) is 17.9. The van der Waals surface area contributed by atoms with Crippen molar-refractivity contribution in [1.29, 1.82) is 0 Å². The number of aromatic nitrogens is 1. The molecule has 1 amide bonds. The Morgan fingerprint density at radius 2 is 1.75 bits per heavy atom. The van der Waals surface area contributed by atoms with Crippen molar-refractivity contribution < 1.29 is 9.53 Å². The molecule has 0 saturated carbocycles. The minimum Gasteiger partial charge on any atom is -0.410 e. The molecule has 2 heterocycles. The molecule has 0 bridgehead atoms. The quantitative estimate of drug-likeness (QED) is 0.474. The summed E-state index contributed by atoms with van der Waals surface area (Å²) in [7, 11) is 0. The van der Waals surface area contributed by atoms with E-state index in [1.165, 1.54) is 4.88 Å². The lowest BCUT2D eigenvalue weighted by Crippen LogP contribution is -2.26. The Morgan fingerprint density at radius 3 is 2.57 bits per heavy atom. The predicted octanol–water partition coefficient (Wildman–Crippen LogP) is 5.77. The topological polar surface area (TPSA) is 51.2 Å². The van der Waals surface area contributed by atoms with Crippen molar-refractivity contribution in [3.8, 4) is 27.3 Å². The average Bonchev–Trinajstić information content (AvgIpc) is 3.28. The monoisotopic (exact) mass is 386 g/mol. The second kappa shape index (κ2) is 8.50. The van der Waals surface area contributed by atoms with E-state index in [9.17, 15) is 4.79 Å². The van der Waals surface area contributed by atoms with Crippen molar-refractivity contribution in [2.24, 2.45) is 0 Å². The summed E-state index contributed by atoms with van der Waals surface area (Å²) in [6.07, 6.45) is 3.18. The van der Waals surface area contributed by atoms with Gasteiger partial charge in [-0.25, -0.2) is 4.79 Å². The molecule has 0 aliphatic rings. The molecule has 0 aliphatic heterocycles. The van der Waals surface area contributed by atoms with E-state index in [0.29, 0.717) is 12.3 Å². The van der Waals surface area contributed by atoms with Gasteiger partial charge in [0.15, 0.2) is 0 Å². The van der Waals surface area contributed by atoms with Crippen molar-refractivity contribution in [3.63, 3.8) is 0 Å². The maximum atomic E-state index is 12.1. The highest BCUT2D eigenvalue weighted by atomic mass is 32.1. The summed E-state index contributed by atoms with van der Waals surface area (Å²) in [6, 6.07) is 23.4. The Morgan fingerprint density at radius 1 is 0.893 bits per heavy atom. The van der Waals surface area contributed by atoms with E-state index in [1.54, 1.807) is 17.4 Å². The summed E-state index contributed by atoms with van der Waals surface area (Å²) in [5.74, 6) is 0.490. The van der Waals surface area contributed by atoms with Crippen LogP contribution in [0.15, 0.2) is 90.6 Å². The molecule has 0 spiro atoms. The summed E-state index contributed by atoms with van der Waals surface area (Å²) in [5, 5.41) is 4.81. The van der Waals surface area contributed by atoms with Crippen molar-refractivity contribution in [2.75, 3.05) is 0 Å². The first-order valence-corrected chi connectivity index (χ1v) is 9.75. The number of ether oxygens (including phenoxy) is 1. The highest BCUT2D eigenvalue weighted by molar-refractivity contribution is 7.13. The molecule has 138 valence electrons. The molecule has 4 rings (SSSR count). The Kier molecular flexibility index (Phi) is 5.45. The SMILES string of the molecule is O=C(NCc1ccccc1)Oc1cccc(-c2cncc(-c3cccs3)c2)c1. The maximum absolute atomic E-state index is 12.1. The minimum absolute atomic E-state index is 0.423. The van der Waals surface area contributed by atoms with E-state index in [-0.39, 0.29) is 0 Å². The maximum Gasteiger partial charge on any atom is 0.412 e. The van der Waals surface area contributed by atoms with Crippen LogP contribution >= 0.6 is 11.3 Å². The third-order valence-electron chi connectivity index (χ3n) is 4.20. The Balaban J connectivity index is 1.46. The highest BCUT2D eigenvalue weighted by Gasteiger charge is 2.07. The van der Waals surface area contributed by atoms with Crippen molar-refractivity contribution in [1.82, 2.24) is 10.3 Å². The number of rotatable bonds is 5. The van der Waals surface area contributed by atoms with Crippen LogP contribution in [0, 0.1) is 0 Å². The molecule has 0 unspecified atom stereocenters. The summed E-state index contributed by atoms with van der Waals surface area (Å²) < 4.78 is 5.43. The third-order valence-corrected chi connectivity index (χ3v) is 5.12. The summed E-state index contributed by atoms with van der Waals surface area (Å²) in [4.78, 5) is 17.6. The molecule has 4 nitrogen and oxygen atoms in total. The molecular formula is C23H18N2O2S. The van der Waals surface area contributed by atoms with Gasteiger partial charge >= 0.3 is 6.09 Å². The number of benzene rings is 2. The Bertz CT molecular complexity index is 1060. The van der Waals surface area contributed by atoms with Gasteiger partial charge in [-0.05, 0) is 40.8 Å². The van der Waals surface area contributed by atoms with Crippen LogP contribution in [-0.4, -0.2) is 11.1 Å². The highest BCUT2D eigenvalue weighted by Crippen LogP contribution is 2.29. The normalized spacial score (nSPS) is 10.4. The lowest BCUT2D eigenvalue weighted by Gasteiger charge is -2.09. The first-order chi connectivity index (χ1) is 13.8. The summed E-state index contributed by atoms with van der Waals surface area (Å²) in [5.41, 5.74) is 4.00. The molecule has 0 atom stereocenters. The van der Waals surface area contributed by atoms with E-state index < -0.39 is 6.09 Å². The van der Waals surface area contributed by atoms with Crippen LogP contribution in [0.3, 0.4) is 0 Å². The fourth-order valence-corrected chi connectivity index (χ4v) is 3.54. The molecule has 0 fully saturated rings. The van der Waals surface area contributed by atoms with Crippen LogP contribution in [0.1, 0.15) is 5.56 Å². The molecule has 5 heteroatoms. The van der Waals surface area contributed by atoms with Crippen LogP contribution in [0.4, 0.5) is 4.79 Å². The van der Waals surface area contributed by atoms with E-state index in [0.717, 1.165) is 22.3 Å². The molecule has 0 saturated heterocycles. The predicted molar refractivity (Wildman–Crippen MR) is 112 cm³/mol. The molecule has 0 aliphatic carbocycles. The van der Waals surface area contributed by atoms with Gasteiger partial charge < -0.3 is 10.1 Å². The average molecular weight is 386 g/mol. The molecule has 0 radical (unpaired) electrons. The second-order valence-electron chi connectivity index (χ2n) is 6.20. The van der Waals surface area contributed by atoms with E-state index in [4.69, 9.17) is 4.74 Å². The van der Waals surface area contributed by atoms with Crippen molar-refractivity contribution in [3.05, 3.63) is 96.1 Å². The van der Waals surface area contributed by atoms with Crippen LogP contribution in [0.25, 0.3) is 21.6 Å². The van der Waals surface area contributed by atoms with Crippen LogP contribution in [0.5, 0.6) is 5.75 Å². The van der Waals surface area contributed by atoms with E-state index in [2.05, 4.69) is 22.4 Å². The number of nitrogens with one attached hydrogen (secondary N) is 1. The lowest BCUT2D eigenvalue weighted by molar-refractivity contribution is 0.200. The number of pyridine rings is 1. The van der Waals surface area contributed by atoms with Gasteiger partial charge in [-0.1, -0.05) is 48.5 Å². The number of hydrogen-bond acceptors (Lipinski definition) is 4. The first-order valence-electron chi connectivity index (χ1n) is 8.87. The van der Waals surface area contributed by atoms with Gasteiger partial charge in [0.05, 0.1) is 0 Å². The van der Waals surface area contributed by atoms with Crippen molar-refractivity contribution >= 4 is 17.4 Å². The zero-order chi connectivity index (χ0) is 19.2. The van der Waals surface area contributed by atoms with Gasteiger partial charge in [-0.15, -0.1) is 11.3 Å². The second-order valence-corrected chi connectivity index (χ2v) is 7.14. The molecular weight excluding hydrogens is 368 g/mol. The molecule has 28 heavy (non-hydrogen) atoms. The number of nitrogens with zero attached hydrogens (tertiary/aromatic N) is 1. The Labute approximate surface area is 167 Å². The van der Waals surface area contributed by atoms with Gasteiger partial charge in [0.1, 0.15) is 5.75 Å². The van der Waals surface area contributed by atoms with E-state index >= 15 is 0 Å². The van der Waals surface area contributed by atoms with Gasteiger partial charge in [0.2, 0.25) is 0 Å². The summed E-state index contributed by atoms with van der Waals surface area (Å²) >= 11 is 1.68. The smallest absolute Gasteiger partial charge is 0.410 e. The number of amides is 1. The molecule has 4 aromatic rings. The summed E-state index contributed by atoms with van der Waals surface area (Å²) in [6.45, 7) is 0.423. The third kappa shape index (κ3) is 4.45. The zero-order valence-electron chi connectivity index (χ0n) is 15.0. The number of thiophene rings is 1. The van der Waals surface area contributed by atoms with Gasteiger partial charge in [-0.3, -0.25) is 4.98 Å². The van der Waals surface area contributed by atoms with Crippen LogP contribution < -0.4 is 10.1 Å². The van der Waals surface area contributed by atoms with E-state index in [1.807, 2.05) is 72.4 Å². The fraction of sp³-hybridized carbons (Fsp3) is 0.0435. The standard InChI is InChI=1S/C23H18N2O2S/c26-23(25-14-17-6-2-1-3-7-17)27-21-9-4-8-18(13-21)19-12-20(16-24-15-19)22-10-5-11-28-22/h1-13,15-16H,14H2,(H,25,26). The minimum atomic E-state index is -0.480. The fourth-order valence-electron chi connectivity index (χ4n) is 2.83. The molecule has 2 aromatic carbocycles. The number of hydrogen-bond donors (Lipinski definition) is 1.